The van der Waals surface area contributed by atoms with Crippen molar-refractivity contribution in [3.8, 4) is 16.9 Å². The number of aromatic amines is 2. The summed E-state index contributed by atoms with van der Waals surface area (Å²) in [7, 11) is 0. The van der Waals surface area contributed by atoms with E-state index in [-0.39, 0.29) is 0 Å². The molecule has 0 amide bonds. The van der Waals surface area contributed by atoms with E-state index in [2.05, 4.69) is 38.4 Å². The Morgan fingerprint density at radius 3 is 2.95 bits per heavy atom. The molecule has 5 heteroatoms. The second-order valence-corrected chi connectivity index (χ2v) is 5.76. The largest absolute Gasteiger partial charge is 0.493 e. The van der Waals surface area contributed by atoms with E-state index in [1.54, 1.807) is 6.33 Å². The van der Waals surface area contributed by atoms with Gasteiger partial charge in [0.15, 0.2) is 0 Å². The van der Waals surface area contributed by atoms with Gasteiger partial charge in [0.05, 0.1) is 24.8 Å². The van der Waals surface area contributed by atoms with Crippen LogP contribution in [0.15, 0.2) is 43.1 Å². The van der Waals surface area contributed by atoms with Crippen LogP contribution >= 0.6 is 0 Å². The summed E-state index contributed by atoms with van der Waals surface area (Å²) >= 11 is 0. The van der Waals surface area contributed by atoms with Gasteiger partial charge in [0.2, 0.25) is 0 Å². The first-order valence-corrected chi connectivity index (χ1v) is 7.16. The summed E-state index contributed by atoms with van der Waals surface area (Å²) in [5.74, 6) is 2.59. The maximum absolute atomic E-state index is 5.92. The van der Waals surface area contributed by atoms with Crippen molar-refractivity contribution in [2.24, 2.45) is 5.92 Å². The lowest BCUT2D eigenvalue weighted by atomic mass is 9.99. The Bertz CT molecular complexity index is 779. The highest BCUT2D eigenvalue weighted by Gasteiger charge is 2.56. The van der Waals surface area contributed by atoms with Crippen molar-refractivity contribution in [2.75, 3.05) is 6.61 Å². The second-order valence-electron chi connectivity index (χ2n) is 5.76. The fourth-order valence-corrected chi connectivity index (χ4v) is 3.58. The average molecular weight is 278 g/mol. The number of aromatic nitrogens is 4. The first-order chi connectivity index (χ1) is 10.4. The molecule has 3 heterocycles. The third-order valence-electron chi connectivity index (χ3n) is 4.66. The molecule has 2 aliphatic rings. The summed E-state index contributed by atoms with van der Waals surface area (Å²) in [6, 6.07) is 6.41. The molecule has 1 saturated carbocycles. The van der Waals surface area contributed by atoms with Gasteiger partial charge in [-0.1, -0.05) is 6.07 Å². The quantitative estimate of drug-likeness (QED) is 0.757. The predicted octanol–water partition coefficient (Wildman–Crippen LogP) is 2.69. The Balaban J connectivity index is 1.57. The van der Waals surface area contributed by atoms with E-state index in [0.29, 0.717) is 17.8 Å². The maximum atomic E-state index is 5.92. The van der Waals surface area contributed by atoms with Crippen molar-refractivity contribution < 1.29 is 4.74 Å². The van der Waals surface area contributed by atoms with Gasteiger partial charge in [0.25, 0.3) is 0 Å². The first kappa shape index (κ1) is 11.1. The van der Waals surface area contributed by atoms with Gasteiger partial charge in [0, 0.05) is 35.7 Å². The molecule has 0 spiro atoms. The predicted molar refractivity (Wildman–Crippen MR) is 77.1 cm³/mol. The van der Waals surface area contributed by atoms with Crippen molar-refractivity contribution in [1.82, 2.24) is 20.2 Å². The van der Waals surface area contributed by atoms with Gasteiger partial charge in [-0.3, -0.25) is 5.10 Å². The highest BCUT2D eigenvalue weighted by molar-refractivity contribution is 5.66. The molecule has 104 valence electrons. The molecule has 1 aromatic carbocycles. The number of fused-ring (bicyclic) bond motifs is 3. The first-order valence-electron chi connectivity index (χ1n) is 7.16. The van der Waals surface area contributed by atoms with Crippen LogP contribution in [0.2, 0.25) is 0 Å². The molecule has 0 bridgehead atoms. The minimum Gasteiger partial charge on any atom is -0.493 e. The highest BCUT2D eigenvalue weighted by atomic mass is 16.5. The van der Waals surface area contributed by atoms with Crippen LogP contribution in [0.1, 0.15) is 23.1 Å². The molecule has 1 aliphatic heterocycles. The Kier molecular flexibility index (Phi) is 2.11. The summed E-state index contributed by atoms with van der Waals surface area (Å²) < 4.78 is 5.92. The van der Waals surface area contributed by atoms with E-state index in [4.69, 9.17) is 4.74 Å². The molecular formula is C16H14N4O. The van der Waals surface area contributed by atoms with Crippen LogP contribution in [0, 0.1) is 5.92 Å². The number of nitrogens with one attached hydrogen (secondary N) is 2. The summed E-state index contributed by atoms with van der Waals surface area (Å²) in [6.07, 6.45) is 7.52. The Morgan fingerprint density at radius 1 is 1.14 bits per heavy atom. The molecule has 3 aromatic rings. The number of hydrogen-bond donors (Lipinski definition) is 2. The molecule has 0 unspecified atom stereocenters. The summed E-state index contributed by atoms with van der Waals surface area (Å²) in [5.41, 5.74) is 4.74. The minimum atomic E-state index is 0.483. The zero-order valence-corrected chi connectivity index (χ0v) is 11.3. The molecule has 0 saturated heterocycles. The smallest absolute Gasteiger partial charge is 0.122 e. The number of ether oxygens (including phenoxy) is 1. The second kappa shape index (κ2) is 3.97. The van der Waals surface area contributed by atoms with Crippen LogP contribution in [0.5, 0.6) is 5.75 Å². The lowest BCUT2D eigenvalue weighted by molar-refractivity contribution is 0.277. The van der Waals surface area contributed by atoms with Crippen LogP contribution in [-0.4, -0.2) is 26.8 Å². The van der Waals surface area contributed by atoms with Crippen LogP contribution < -0.4 is 4.74 Å². The van der Waals surface area contributed by atoms with Gasteiger partial charge in [0.1, 0.15) is 5.75 Å². The molecule has 2 N–H and O–H groups in total. The van der Waals surface area contributed by atoms with E-state index in [0.717, 1.165) is 23.6 Å². The monoisotopic (exact) mass is 278 g/mol. The number of nitrogens with zero attached hydrogens (tertiary/aromatic N) is 2. The number of rotatable bonds is 2. The van der Waals surface area contributed by atoms with Crippen LogP contribution in [0.4, 0.5) is 0 Å². The van der Waals surface area contributed by atoms with Gasteiger partial charge < -0.3 is 9.72 Å². The minimum absolute atomic E-state index is 0.483. The maximum Gasteiger partial charge on any atom is 0.122 e. The van der Waals surface area contributed by atoms with Crippen LogP contribution in [-0.2, 0) is 0 Å². The van der Waals surface area contributed by atoms with Gasteiger partial charge in [-0.2, -0.15) is 5.10 Å². The van der Waals surface area contributed by atoms with Crippen molar-refractivity contribution in [1.29, 1.82) is 0 Å². The van der Waals surface area contributed by atoms with Crippen LogP contribution in [0.3, 0.4) is 0 Å². The van der Waals surface area contributed by atoms with Gasteiger partial charge in [-0.15, -0.1) is 0 Å². The number of hydrogen-bond acceptors (Lipinski definition) is 3. The molecule has 1 aliphatic carbocycles. The molecule has 3 atom stereocenters. The van der Waals surface area contributed by atoms with E-state index in [1.807, 2.05) is 18.6 Å². The van der Waals surface area contributed by atoms with Gasteiger partial charge in [-0.05, 0) is 23.3 Å². The number of benzene rings is 1. The molecule has 0 radical (unpaired) electrons. The fourth-order valence-electron chi connectivity index (χ4n) is 3.58. The van der Waals surface area contributed by atoms with Crippen molar-refractivity contribution in [2.45, 2.75) is 11.8 Å². The number of H-pyrrole nitrogens is 2. The van der Waals surface area contributed by atoms with Crippen LogP contribution in [0.25, 0.3) is 11.1 Å². The molecule has 2 aromatic heterocycles. The van der Waals surface area contributed by atoms with E-state index in [9.17, 15) is 0 Å². The molecular weight excluding hydrogens is 264 g/mol. The summed E-state index contributed by atoms with van der Waals surface area (Å²) in [5, 5.41) is 6.89. The van der Waals surface area contributed by atoms with Crippen molar-refractivity contribution in [3.63, 3.8) is 0 Å². The zero-order valence-electron chi connectivity index (χ0n) is 11.3. The third kappa shape index (κ3) is 1.57. The summed E-state index contributed by atoms with van der Waals surface area (Å²) in [4.78, 5) is 7.48. The topological polar surface area (TPSA) is 66.6 Å². The Hall–Kier alpha value is -2.56. The Morgan fingerprint density at radius 2 is 2.14 bits per heavy atom. The van der Waals surface area contributed by atoms with Crippen molar-refractivity contribution in [3.05, 3.63) is 54.4 Å². The SMILES string of the molecule is c1nc([C@@H]2[C@H]3COc4ccc(-c5cn[nH]c5)cc4[C@H]32)c[nH]1. The summed E-state index contributed by atoms with van der Waals surface area (Å²) in [6.45, 7) is 0.792. The van der Waals surface area contributed by atoms with Gasteiger partial charge >= 0.3 is 0 Å². The third-order valence-corrected chi connectivity index (χ3v) is 4.66. The highest BCUT2D eigenvalue weighted by Crippen LogP contribution is 2.64. The van der Waals surface area contributed by atoms with E-state index in [1.165, 1.54) is 11.1 Å². The normalized spacial score (nSPS) is 25.8. The molecule has 1 fully saturated rings. The van der Waals surface area contributed by atoms with Crippen molar-refractivity contribution >= 4 is 0 Å². The molecule has 21 heavy (non-hydrogen) atoms. The fraction of sp³-hybridized carbons (Fsp3) is 0.250. The van der Waals surface area contributed by atoms with E-state index >= 15 is 0 Å². The number of imidazole rings is 1. The average Bonchev–Trinajstić information content (AvgIpc) is 2.94. The molecule has 5 rings (SSSR count). The Labute approximate surface area is 121 Å². The molecule has 5 nitrogen and oxygen atoms in total. The standard InChI is InChI=1S/C16H14N4O/c1-2-14-11(3-9(1)10-4-19-20-5-10)15-12(7-21-14)16(15)13-6-17-8-18-13/h1-6,8,12,15-16H,7H2,(H,17,18)(H,19,20)/t12-,15+,16-/m0/s1. The zero-order chi connectivity index (χ0) is 13.8. The lowest BCUT2D eigenvalue weighted by Crippen LogP contribution is -2.08. The van der Waals surface area contributed by atoms with Gasteiger partial charge in [-0.25, -0.2) is 4.98 Å². The lowest BCUT2D eigenvalue weighted by Gasteiger charge is -2.17. The van der Waals surface area contributed by atoms with E-state index < -0.39 is 0 Å².